The standard InChI is InChI=1S/C21H23N7O/c1-15-20(26-19-9-8-16(12-22-19)29-11-10-27(2)3)23-13-24-21(15)28-14-25-17-6-4-5-7-18(17)28/h4-9,12-14H,10-11H2,1-3H3,(H,22,23,24,26). The van der Waals surface area contributed by atoms with E-state index in [1.54, 1.807) is 12.5 Å². The van der Waals surface area contributed by atoms with Gasteiger partial charge in [-0.05, 0) is 45.3 Å². The summed E-state index contributed by atoms with van der Waals surface area (Å²) in [7, 11) is 4.03. The number of rotatable bonds is 7. The fourth-order valence-corrected chi connectivity index (χ4v) is 2.94. The molecule has 29 heavy (non-hydrogen) atoms. The van der Waals surface area contributed by atoms with Gasteiger partial charge in [0, 0.05) is 12.1 Å². The van der Waals surface area contributed by atoms with Crippen LogP contribution in [0.2, 0.25) is 0 Å². The van der Waals surface area contributed by atoms with Crippen LogP contribution in [0.25, 0.3) is 16.9 Å². The minimum atomic E-state index is 0.620. The molecule has 0 saturated heterocycles. The first kappa shape index (κ1) is 18.8. The highest BCUT2D eigenvalue weighted by molar-refractivity contribution is 5.77. The first-order valence-electron chi connectivity index (χ1n) is 9.36. The highest BCUT2D eigenvalue weighted by Crippen LogP contribution is 2.24. The fourth-order valence-electron chi connectivity index (χ4n) is 2.94. The Morgan fingerprint density at radius 3 is 2.69 bits per heavy atom. The van der Waals surface area contributed by atoms with Gasteiger partial charge in [-0.2, -0.15) is 0 Å². The minimum Gasteiger partial charge on any atom is -0.491 e. The molecule has 148 valence electrons. The summed E-state index contributed by atoms with van der Waals surface area (Å²) in [5.74, 6) is 2.90. The molecule has 8 nitrogen and oxygen atoms in total. The zero-order valence-corrected chi connectivity index (χ0v) is 16.7. The van der Waals surface area contributed by atoms with Gasteiger partial charge in [-0.25, -0.2) is 19.9 Å². The number of pyridine rings is 1. The second-order valence-corrected chi connectivity index (χ2v) is 6.93. The number of ether oxygens (including phenoxy) is 1. The van der Waals surface area contributed by atoms with Crippen LogP contribution in [0.15, 0.2) is 55.2 Å². The maximum absolute atomic E-state index is 5.69. The summed E-state index contributed by atoms with van der Waals surface area (Å²) < 4.78 is 7.65. The zero-order valence-electron chi connectivity index (χ0n) is 16.7. The number of hydrogen-bond acceptors (Lipinski definition) is 7. The Labute approximate surface area is 169 Å². The number of benzene rings is 1. The third kappa shape index (κ3) is 4.17. The Hall–Kier alpha value is -3.52. The Morgan fingerprint density at radius 1 is 1.03 bits per heavy atom. The molecule has 0 fully saturated rings. The SMILES string of the molecule is Cc1c(Nc2ccc(OCCN(C)C)cn2)ncnc1-n1cnc2ccccc21. The lowest BCUT2D eigenvalue weighted by Crippen LogP contribution is -2.19. The summed E-state index contributed by atoms with van der Waals surface area (Å²) in [4.78, 5) is 19.8. The minimum absolute atomic E-state index is 0.620. The van der Waals surface area contributed by atoms with Gasteiger partial charge >= 0.3 is 0 Å². The third-order valence-corrected chi connectivity index (χ3v) is 4.53. The summed E-state index contributed by atoms with van der Waals surface area (Å²) >= 11 is 0. The molecule has 8 heteroatoms. The quantitative estimate of drug-likeness (QED) is 0.520. The largest absolute Gasteiger partial charge is 0.491 e. The molecule has 0 bridgehead atoms. The van der Waals surface area contributed by atoms with E-state index in [1.807, 2.05) is 62.0 Å². The number of aromatic nitrogens is 5. The molecular weight excluding hydrogens is 366 g/mol. The molecule has 3 heterocycles. The smallest absolute Gasteiger partial charge is 0.146 e. The average molecular weight is 389 g/mol. The van der Waals surface area contributed by atoms with E-state index in [2.05, 4.69) is 30.2 Å². The van der Waals surface area contributed by atoms with Gasteiger partial charge in [0.15, 0.2) is 0 Å². The van der Waals surface area contributed by atoms with E-state index < -0.39 is 0 Å². The van der Waals surface area contributed by atoms with E-state index in [0.29, 0.717) is 18.2 Å². The predicted molar refractivity (Wildman–Crippen MR) is 113 cm³/mol. The molecule has 0 radical (unpaired) electrons. The number of nitrogens with zero attached hydrogens (tertiary/aromatic N) is 6. The van der Waals surface area contributed by atoms with Crippen LogP contribution in [-0.4, -0.2) is 56.6 Å². The third-order valence-electron chi connectivity index (χ3n) is 4.53. The second kappa shape index (κ2) is 8.24. The van der Waals surface area contributed by atoms with Crippen LogP contribution in [-0.2, 0) is 0 Å². The van der Waals surface area contributed by atoms with Crippen molar-refractivity contribution in [3.63, 3.8) is 0 Å². The van der Waals surface area contributed by atoms with E-state index in [0.717, 1.165) is 34.7 Å². The summed E-state index contributed by atoms with van der Waals surface area (Å²) in [6.45, 7) is 3.45. The molecular formula is C21H23N7O. The molecule has 0 aliphatic rings. The highest BCUT2D eigenvalue weighted by atomic mass is 16.5. The number of anilines is 2. The maximum atomic E-state index is 5.69. The van der Waals surface area contributed by atoms with Crippen molar-refractivity contribution in [2.24, 2.45) is 0 Å². The highest BCUT2D eigenvalue weighted by Gasteiger charge is 2.12. The predicted octanol–water partition coefficient (Wildman–Crippen LogP) is 3.20. The van der Waals surface area contributed by atoms with E-state index in [-0.39, 0.29) is 0 Å². The fraction of sp³-hybridized carbons (Fsp3) is 0.238. The monoisotopic (exact) mass is 389 g/mol. The molecule has 4 rings (SSSR count). The maximum Gasteiger partial charge on any atom is 0.146 e. The van der Waals surface area contributed by atoms with E-state index >= 15 is 0 Å². The van der Waals surface area contributed by atoms with Crippen molar-refractivity contribution >= 4 is 22.7 Å². The van der Waals surface area contributed by atoms with Crippen LogP contribution >= 0.6 is 0 Å². The Balaban J connectivity index is 1.54. The van der Waals surface area contributed by atoms with Crippen LogP contribution in [0.4, 0.5) is 11.6 Å². The number of nitrogens with one attached hydrogen (secondary N) is 1. The summed E-state index contributed by atoms with van der Waals surface area (Å²) in [5, 5.41) is 3.26. The van der Waals surface area contributed by atoms with Crippen molar-refractivity contribution in [3.05, 3.63) is 60.8 Å². The van der Waals surface area contributed by atoms with Gasteiger partial charge < -0.3 is 15.0 Å². The molecule has 0 aliphatic heterocycles. The Kier molecular flexibility index (Phi) is 5.35. The van der Waals surface area contributed by atoms with E-state index in [4.69, 9.17) is 4.74 Å². The number of hydrogen-bond donors (Lipinski definition) is 1. The zero-order chi connectivity index (χ0) is 20.2. The first-order valence-corrected chi connectivity index (χ1v) is 9.36. The van der Waals surface area contributed by atoms with Gasteiger partial charge in [-0.3, -0.25) is 4.57 Å². The molecule has 4 aromatic rings. The van der Waals surface area contributed by atoms with Gasteiger partial charge in [-0.15, -0.1) is 0 Å². The lowest BCUT2D eigenvalue weighted by molar-refractivity contribution is 0.260. The van der Waals surface area contributed by atoms with Gasteiger partial charge in [0.2, 0.25) is 0 Å². The van der Waals surface area contributed by atoms with Crippen LogP contribution in [0.1, 0.15) is 5.56 Å². The van der Waals surface area contributed by atoms with Gasteiger partial charge in [0.1, 0.15) is 42.5 Å². The van der Waals surface area contributed by atoms with Crippen molar-refractivity contribution in [1.82, 2.24) is 29.4 Å². The molecule has 0 unspecified atom stereocenters. The normalized spacial score (nSPS) is 11.2. The molecule has 0 atom stereocenters. The van der Waals surface area contributed by atoms with Gasteiger partial charge in [0.05, 0.1) is 17.2 Å². The summed E-state index contributed by atoms with van der Waals surface area (Å²) in [5.41, 5.74) is 2.83. The molecule has 0 aliphatic carbocycles. The van der Waals surface area contributed by atoms with E-state index in [9.17, 15) is 0 Å². The second-order valence-electron chi connectivity index (χ2n) is 6.93. The lowest BCUT2D eigenvalue weighted by atomic mass is 10.2. The van der Waals surface area contributed by atoms with Crippen molar-refractivity contribution in [1.29, 1.82) is 0 Å². The van der Waals surface area contributed by atoms with Crippen molar-refractivity contribution in [2.45, 2.75) is 6.92 Å². The van der Waals surface area contributed by atoms with Crippen LogP contribution in [0, 0.1) is 6.92 Å². The van der Waals surface area contributed by atoms with Crippen LogP contribution in [0.5, 0.6) is 5.75 Å². The van der Waals surface area contributed by atoms with Crippen molar-refractivity contribution in [3.8, 4) is 11.6 Å². The Bertz CT molecular complexity index is 1110. The first-order chi connectivity index (χ1) is 14.1. The topological polar surface area (TPSA) is 81.0 Å². The average Bonchev–Trinajstić information content (AvgIpc) is 3.15. The number of para-hydroxylation sites is 2. The van der Waals surface area contributed by atoms with Gasteiger partial charge in [-0.1, -0.05) is 12.1 Å². The molecule has 1 aromatic carbocycles. The number of imidazole rings is 1. The van der Waals surface area contributed by atoms with Gasteiger partial charge in [0.25, 0.3) is 0 Å². The molecule has 0 spiro atoms. The molecule has 0 saturated carbocycles. The van der Waals surface area contributed by atoms with Crippen molar-refractivity contribution in [2.75, 3.05) is 32.6 Å². The van der Waals surface area contributed by atoms with Crippen LogP contribution in [0.3, 0.4) is 0 Å². The lowest BCUT2D eigenvalue weighted by Gasteiger charge is -2.13. The molecule has 3 aromatic heterocycles. The summed E-state index contributed by atoms with van der Waals surface area (Å²) in [6, 6.07) is 11.7. The van der Waals surface area contributed by atoms with Crippen molar-refractivity contribution < 1.29 is 4.74 Å². The van der Waals surface area contributed by atoms with Crippen LogP contribution < -0.4 is 10.1 Å². The van der Waals surface area contributed by atoms with E-state index in [1.165, 1.54) is 6.33 Å². The number of fused-ring (bicyclic) bond motifs is 1. The summed E-state index contributed by atoms with van der Waals surface area (Å²) in [6.07, 6.45) is 5.03. The number of likely N-dealkylation sites (N-methyl/N-ethyl adjacent to an activating group) is 1. The Morgan fingerprint density at radius 2 is 1.90 bits per heavy atom. The molecule has 0 amide bonds. The molecule has 1 N–H and O–H groups in total.